The molecule has 0 saturated heterocycles. The molecule has 0 amide bonds. The van der Waals surface area contributed by atoms with Gasteiger partial charge in [-0.3, -0.25) is 0 Å². The zero-order chi connectivity index (χ0) is 8.91. The molecule has 1 unspecified atom stereocenters. The van der Waals surface area contributed by atoms with Crippen LogP contribution < -0.4 is 0 Å². The van der Waals surface area contributed by atoms with E-state index in [1.165, 1.54) is 0 Å². The first-order chi connectivity index (χ1) is 5.16. The van der Waals surface area contributed by atoms with Crippen molar-refractivity contribution in [2.24, 2.45) is 0 Å². The molecule has 0 fully saturated rings. The Balaban J connectivity index is 4.26. The van der Waals surface area contributed by atoms with Crippen LogP contribution in [0.1, 0.15) is 6.92 Å². The molecule has 11 heavy (non-hydrogen) atoms. The standard InChI is InChI=1S/C6H16S5/c1-2-11(4-8,5-9)6(10)3-7/h6-10H,2-5H2,1H3. The largest absolute Gasteiger partial charge is 0.211 e. The molecule has 0 nitrogen and oxygen atoms in total. The Bertz CT molecular complexity index is 92.9. The zero-order valence-corrected chi connectivity index (χ0v) is 11.0. The molecule has 0 rings (SSSR count). The lowest BCUT2D eigenvalue weighted by Gasteiger charge is -2.40. The minimum Gasteiger partial charge on any atom is -0.211 e. The van der Waals surface area contributed by atoms with Crippen molar-refractivity contribution < 1.29 is 0 Å². The molecule has 0 aliphatic rings. The fourth-order valence-electron chi connectivity index (χ4n) is 0.746. The summed E-state index contributed by atoms with van der Waals surface area (Å²) >= 11 is 17.5. The van der Waals surface area contributed by atoms with Crippen LogP contribution in [0.15, 0.2) is 0 Å². The number of hydrogen-bond donors (Lipinski definition) is 4. The predicted octanol–water partition coefficient (Wildman–Crippen LogP) is 2.77. The van der Waals surface area contributed by atoms with Gasteiger partial charge < -0.3 is 0 Å². The van der Waals surface area contributed by atoms with Gasteiger partial charge in [-0.05, 0) is 5.75 Å². The van der Waals surface area contributed by atoms with Gasteiger partial charge in [0.25, 0.3) is 0 Å². The van der Waals surface area contributed by atoms with Crippen LogP contribution in [0.2, 0.25) is 0 Å². The fraction of sp³-hybridized carbons (Fsp3) is 1.00. The highest BCUT2D eigenvalue weighted by molar-refractivity contribution is 8.45. The Morgan fingerprint density at radius 2 is 1.64 bits per heavy atom. The second kappa shape index (κ2) is 6.24. The van der Waals surface area contributed by atoms with E-state index in [-0.39, 0.29) is 0 Å². The molecule has 70 valence electrons. The third kappa shape index (κ3) is 3.18. The molecular formula is C6H16S5. The highest BCUT2D eigenvalue weighted by Crippen LogP contribution is 2.55. The van der Waals surface area contributed by atoms with Crippen LogP contribution in [-0.4, -0.2) is 26.3 Å². The molecule has 0 radical (unpaired) electrons. The van der Waals surface area contributed by atoms with Crippen molar-refractivity contribution in [3.63, 3.8) is 0 Å². The van der Waals surface area contributed by atoms with E-state index in [9.17, 15) is 0 Å². The van der Waals surface area contributed by atoms with Crippen molar-refractivity contribution in [2.45, 2.75) is 11.5 Å². The van der Waals surface area contributed by atoms with Crippen LogP contribution in [0.3, 0.4) is 0 Å². The van der Waals surface area contributed by atoms with Gasteiger partial charge in [0.15, 0.2) is 0 Å². The van der Waals surface area contributed by atoms with Crippen LogP contribution >= 0.6 is 60.5 Å². The van der Waals surface area contributed by atoms with Crippen molar-refractivity contribution in [1.29, 1.82) is 0 Å². The summed E-state index contributed by atoms with van der Waals surface area (Å²) < 4.78 is 0.380. The second-order valence-corrected chi connectivity index (χ2v) is 9.07. The molecule has 0 N–H and O–H groups in total. The van der Waals surface area contributed by atoms with Gasteiger partial charge in [0, 0.05) is 20.5 Å². The first kappa shape index (κ1) is 12.8. The molecular weight excluding hydrogens is 232 g/mol. The highest BCUT2D eigenvalue weighted by atomic mass is 32.3. The van der Waals surface area contributed by atoms with Crippen molar-refractivity contribution in [1.82, 2.24) is 0 Å². The van der Waals surface area contributed by atoms with E-state index in [0.29, 0.717) is 4.58 Å². The molecule has 0 aromatic rings. The Morgan fingerprint density at radius 1 is 1.18 bits per heavy atom. The van der Waals surface area contributed by atoms with E-state index in [0.717, 1.165) is 21.7 Å². The van der Waals surface area contributed by atoms with E-state index < -0.39 is 10.0 Å². The van der Waals surface area contributed by atoms with E-state index in [1.54, 1.807) is 0 Å². The van der Waals surface area contributed by atoms with Gasteiger partial charge in [-0.1, -0.05) is 6.92 Å². The van der Waals surface area contributed by atoms with Gasteiger partial charge in [0.2, 0.25) is 0 Å². The maximum Gasteiger partial charge on any atom is 0.0420 e. The first-order valence-corrected chi connectivity index (χ1v) is 8.04. The van der Waals surface area contributed by atoms with Crippen molar-refractivity contribution in [3.05, 3.63) is 0 Å². The lowest BCUT2D eigenvalue weighted by Crippen LogP contribution is -2.19. The van der Waals surface area contributed by atoms with Gasteiger partial charge in [-0.25, -0.2) is 10.0 Å². The van der Waals surface area contributed by atoms with E-state index in [1.807, 2.05) is 0 Å². The monoisotopic (exact) mass is 248 g/mol. The molecule has 0 saturated carbocycles. The molecule has 0 spiro atoms. The third-order valence-electron chi connectivity index (χ3n) is 1.82. The summed E-state index contributed by atoms with van der Waals surface area (Å²) in [6, 6.07) is 0. The van der Waals surface area contributed by atoms with Crippen molar-refractivity contribution >= 4 is 60.5 Å². The third-order valence-corrected chi connectivity index (χ3v) is 10.8. The second-order valence-electron chi connectivity index (χ2n) is 2.30. The number of thiol groups is 4. The van der Waals surface area contributed by atoms with Crippen molar-refractivity contribution in [2.75, 3.05) is 21.7 Å². The van der Waals surface area contributed by atoms with Gasteiger partial charge in [-0.15, -0.1) is 0 Å². The average Bonchev–Trinajstić information content (AvgIpc) is 2.08. The smallest absolute Gasteiger partial charge is 0.0420 e. The maximum atomic E-state index is 4.51. The van der Waals surface area contributed by atoms with Crippen LogP contribution in [0.5, 0.6) is 0 Å². The summed E-state index contributed by atoms with van der Waals surface area (Å²) in [6.07, 6.45) is 0. The molecule has 0 aliphatic carbocycles. The van der Waals surface area contributed by atoms with Crippen LogP contribution in [0.4, 0.5) is 0 Å². The first-order valence-electron chi connectivity index (χ1n) is 3.42. The predicted molar refractivity (Wildman–Crippen MR) is 72.5 cm³/mol. The minimum atomic E-state index is -0.723. The Hall–Kier alpha value is 1.75. The summed E-state index contributed by atoms with van der Waals surface area (Å²) in [7, 11) is -0.723. The van der Waals surface area contributed by atoms with E-state index in [4.69, 9.17) is 0 Å². The summed E-state index contributed by atoms with van der Waals surface area (Å²) in [4.78, 5) is 0. The van der Waals surface area contributed by atoms with Gasteiger partial charge in [0.05, 0.1) is 0 Å². The van der Waals surface area contributed by atoms with Crippen LogP contribution in [0.25, 0.3) is 0 Å². The Kier molecular flexibility index (Phi) is 7.23. The highest BCUT2D eigenvalue weighted by Gasteiger charge is 2.25. The quantitative estimate of drug-likeness (QED) is 0.529. The number of hydrogen-bond acceptors (Lipinski definition) is 4. The molecule has 5 heteroatoms. The van der Waals surface area contributed by atoms with Gasteiger partial charge in [-0.2, -0.15) is 50.5 Å². The lowest BCUT2D eigenvalue weighted by atomic mass is 10.9. The minimum absolute atomic E-state index is 0.380. The number of rotatable bonds is 5. The Labute approximate surface area is 93.2 Å². The molecule has 0 heterocycles. The lowest BCUT2D eigenvalue weighted by molar-refractivity contribution is 1.37. The van der Waals surface area contributed by atoms with Gasteiger partial charge in [0.1, 0.15) is 0 Å². The average molecular weight is 249 g/mol. The van der Waals surface area contributed by atoms with Crippen LogP contribution in [0, 0.1) is 0 Å². The molecule has 0 aromatic heterocycles. The molecule has 1 atom stereocenters. The summed E-state index contributed by atoms with van der Waals surface area (Å²) in [5, 5.41) is 1.84. The zero-order valence-electron chi connectivity index (χ0n) is 6.60. The van der Waals surface area contributed by atoms with E-state index >= 15 is 0 Å². The molecule has 0 aliphatic heterocycles. The normalized spacial score (nSPS) is 16.5. The van der Waals surface area contributed by atoms with Crippen molar-refractivity contribution in [3.8, 4) is 0 Å². The fourth-order valence-corrected chi connectivity index (χ4v) is 7.94. The van der Waals surface area contributed by atoms with Crippen LogP contribution in [-0.2, 0) is 0 Å². The molecule has 0 aromatic carbocycles. The summed E-state index contributed by atoms with van der Waals surface area (Å²) in [6.45, 7) is 2.19. The summed E-state index contributed by atoms with van der Waals surface area (Å²) in [5.74, 6) is 1.97. The Morgan fingerprint density at radius 3 is 1.73 bits per heavy atom. The molecule has 0 bridgehead atoms. The SMILES string of the molecule is CCS(CS)(CS)C(S)CS. The topological polar surface area (TPSA) is 0 Å². The van der Waals surface area contributed by atoms with Gasteiger partial charge >= 0.3 is 0 Å². The van der Waals surface area contributed by atoms with E-state index in [2.05, 4.69) is 57.4 Å². The maximum absolute atomic E-state index is 4.51. The summed E-state index contributed by atoms with van der Waals surface area (Å²) in [5.41, 5.74) is 0.